The molecule has 0 spiro atoms. The van der Waals surface area contributed by atoms with Crippen molar-refractivity contribution in [1.82, 2.24) is 4.90 Å². The predicted octanol–water partition coefficient (Wildman–Crippen LogP) is 3.92. The Labute approximate surface area is 168 Å². The van der Waals surface area contributed by atoms with Crippen molar-refractivity contribution in [2.45, 2.75) is 32.1 Å². The van der Waals surface area contributed by atoms with Crippen molar-refractivity contribution in [2.75, 3.05) is 40.5 Å². The highest BCUT2D eigenvalue weighted by Gasteiger charge is 2.35. The first kappa shape index (κ1) is 20.6. The van der Waals surface area contributed by atoms with E-state index in [1.165, 1.54) is 11.1 Å². The maximum atomic E-state index is 6.11. The zero-order chi connectivity index (χ0) is 19.9. The maximum Gasteiger partial charge on any atom is 0.170 e. The van der Waals surface area contributed by atoms with E-state index < -0.39 is 0 Å². The summed E-state index contributed by atoms with van der Waals surface area (Å²) in [6.45, 7) is 6.53. The first-order chi connectivity index (χ1) is 13.7. The largest absolute Gasteiger partial charge is 0.497 e. The van der Waals surface area contributed by atoms with Gasteiger partial charge in [-0.3, -0.25) is 4.90 Å². The fourth-order valence-corrected chi connectivity index (χ4v) is 3.86. The number of methoxy groups -OCH3 is 1. The summed E-state index contributed by atoms with van der Waals surface area (Å²) < 4.78 is 23.1. The molecule has 1 aliphatic heterocycles. The van der Waals surface area contributed by atoms with Crippen molar-refractivity contribution in [1.29, 1.82) is 0 Å². The van der Waals surface area contributed by atoms with Gasteiger partial charge in [-0.2, -0.15) is 0 Å². The average molecular weight is 386 g/mol. The molecule has 0 unspecified atom stereocenters. The molecule has 3 rings (SSSR count). The molecule has 28 heavy (non-hydrogen) atoms. The zero-order valence-electron chi connectivity index (χ0n) is 17.3. The first-order valence-corrected chi connectivity index (χ1v) is 9.97. The van der Waals surface area contributed by atoms with E-state index in [1.54, 1.807) is 7.11 Å². The van der Waals surface area contributed by atoms with Crippen LogP contribution in [0, 0.1) is 0 Å². The molecule has 0 aromatic heterocycles. The Bertz CT molecular complexity index is 745. The lowest BCUT2D eigenvalue weighted by Gasteiger charge is -2.40. The summed E-state index contributed by atoms with van der Waals surface area (Å²) in [7, 11) is 3.82. The van der Waals surface area contributed by atoms with E-state index in [0.717, 1.165) is 11.5 Å². The summed E-state index contributed by atoms with van der Waals surface area (Å²) >= 11 is 0. The van der Waals surface area contributed by atoms with Crippen LogP contribution in [0.4, 0.5) is 0 Å². The molecule has 152 valence electrons. The molecule has 0 saturated heterocycles. The Morgan fingerprint density at radius 2 is 1.82 bits per heavy atom. The molecule has 0 radical (unpaired) electrons. The van der Waals surface area contributed by atoms with Crippen LogP contribution in [0.25, 0.3) is 0 Å². The lowest BCUT2D eigenvalue weighted by Crippen LogP contribution is -2.47. The van der Waals surface area contributed by atoms with Gasteiger partial charge in [0.15, 0.2) is 6.29 Å². The van der Waals surface area contributed by atoms with Gasteiger partial charge in [-0.1, -0.05) is 30.3 Å². The topological polar surface area (TPSA) is 40.2 Å². The normalized spacial score (nSPS) is 18.8. The van der Waals surface area contributed by atoms with Crippen molar-refractivity contribution >= 4 is 0 Å². The lowest BCUT2D eigenvalue weighted by atomic mass is 9.82. The second kappa shape index (κ2) is 9.92. The average Bonchev–Trinajstić information content (AvgIpc) is 2.73. The van der Waals surface area contributed by atoms with Gasteiger partial charge in [0.05, 0.1) is 13.2 Å². The molecule has 2 aromatic rings. The van der Waals surface area contributed by atoms with Gasteiger partial charge in [-0.05, 0) is 44.7 Å². The molecule has 0 aliphatic carbocycles. The Kier molecular flexibility index (Phi) is 7.31. The van der Waals surface area contributed by atoms with Crippen LogP contribution in [0.3, 0.4) is 0 Å². The van der Waals surface area contributed by atoms with E-state index in [9.17, 15) is 0 Å². The number of nitrogens with zero attached hydrogens (tertiary/aromatic N) is 1. The van der Waals surface area contributed by atoms with E-state index in [1.807, 2.05) is 38.1 Å². The number of hydrogen-bond acceptors (Lipinski definition) is 5. The zero-order valence-corrected chi connectivity index (χ0v) is 17.3. The van der Waals surface area contributed by atoms with Gasteiger partial charge in [-0.15, -0.1) is 0 Å². The van der Waals surface area contributed by atoms with Crippen LogP contribution in [-0.2, 0) is 9.47 Å². The summed E-state index contributed by atoms with van der Waals surface area (Å²) in [6, 6.07) is 16.8. The summed E-state index contributed by atoms with van der Waals surface area (Å²) in [6.07, 6.45) is -0.247. The quantitative estimate of drug-likeness (QED) is 0.612. The predicted molar refractivity (Wildman–Crippen MR) is 110 cm³/mol. The Hall–Kier alpha value is -2.08. The van der Waals surface area contributed by atoms with Crippen molar-refractivity contribution in [3.8, 4) is 11.5 Å². The van der Waals surface area contributed by atoms with Crippen LogP contribution in [0.1, 0.15) is 30.9 Å². The number of fused-ring (bicyclic) bond motifs is 1. The molecule has 2 aromatic carbocycles. The van der Waals surface area contributed by atoms with E-state index in [2.05, 4.69) is 36.2 Å². The Morgan fingerprint density at radius 3 is 2.54 bits per heavy atom. The monoisotopic (exact) mass is 385 g/mol. The molecule has 0 bridgehead atoms. The molecule has 5 nitrogen and oxygen atoms in total. The molecular weight excluding hydrogens is 354 g/mol. The third-order valence-corrected chi connectivity index (χ3v) is 5.21. The molecule has 2 atom stereocenters. The summed E-state index contributed by atoms with van der Waals surface area (Å²) in [5.41, 5.74) is 2.42. The lowest BCUT2D eigenvalue weighted by molar-refractivity contribution is -0.149. The number of rotatable bonds is 9. The van der Waals surface area contributed by atoms with Gasteiger partial charge in [-0.25, -0.2) is 0 Å². The molecule has 0 amide bonds. The standard InChI is InChI=1S/C23H31NO4/c1-5-26-22(27-6-2)15-24(3)20-16-28-21-13-8-7-12-19(21)23(20)17-10-9-11-18(14-17)25-4/h7-14,20,22-23H,5-6,15-16H2,1-4H3/t20-,23-/m0/s1. The number of para-hydroxylation sites is 1. The Balaban J connectivity index is 1.92. The molecular formula is C23H31NO4. The van der Waals surface area contributed by atoms with Gasteiger partial charge in [0.2, 0.25) is 0 Å². The molecule has 5 heteroatoms. The smallest absolute Gasteiger partial charge is 0.170 e. The van der Waals surface area contributed by atoms with E-state index in [-0.39, 0.29) is 18.2 Å². The van der Waals surface area contributed by atoms with Crippen LogP contribution in [0.15, 0.2) is 48.5 Å². The van der Waals surface area contributed by atoms with Crippen LogP contribution < -0.4 is 9.47 Å². The van der Waals surface area contributed by atoms with E-state index in [0.29, 0.717) is 26.4 Å². The summed E-state index contributed by atoms with van der Waals surface area (Å²) in [4.78, 5) is 2.29. The minimum atomic E-state index is -0.247. The minimum absolute atomic E-state index is 0.158. The number of ether oxygens (including phenoxy) is 4. The molecule has 0 N–H and O–H groups in total. The highest BCUT2D eigenvalue weighted by Crippen LogP contribution is 2.40. The van der Waals surface area contributed by atoms with E-state index in [4.69, 9.17) is 18.9 Å². The van der Waals surface area contributed by atoms with Gasteiger partial charge < -0.3 is 18.9 Å². The minimum Gasteiger partial charge on any atom is -0.497 e. The molecule has 0 saturated carbocycles. The van der Waals surface area contributed by atoms with Crippen LogP contribution >= 0.6 is 0 Å². The van der Waals surface area contributed by atoms with Crippen molar-refractivity contribution in [3.05, 3.63) is 59.7 Å². The highest BCUT2D eigenvalue weighted by molar-refractivity contribution is 5.46. The second-order valence-corrected chi connectivity index (χ2v) is 6.95. The Morgan fingerprint density at radius 1 is 1.07 bits per heavy atom. The highest BCUT2D eigenvalue weighted by atomic mass is 16.7. The molecule has 1 aliphatic rings. The second-order valence-electron chi connectivity index (χ2n) is 6.95. The van der Waals surface area contributed by atoms with Gasteiger partial charge >= 0.3 is 0 Å². The third kappa shape index (κ3) is 4.66. The van der Waals surface area contributed by atoms with Gasteiger partial charge in [0.25, 0.3) is 0 Å². The first-order valence-electron chi connectivity index (χ1n) is 9.97. The van der Waals surface area contributed by atoms with Crippen molar-refractivity contribution in [3.63, 3.8) is 0 Å². The van der Waals surface area contributed by atoms with Crippen LogP contribution in [0.2, 0.25) is 0 Å². The number of hydrogen-bond donors (Lipinski definition) is 0. The SMILES string of the molecule is CCOC(CN(C)[C@H]1COc2ccccc2[C@@H]1c1cccc(OC)c1)OCC. The van der Waals surface area contributed by atoms with Crippen LogP contribution in [0.5, 0.6) is 11.5 Å². The third-order valence-electron chi connectivity index (χ3n) is 5.21. The van der Waals surface area contributed by atoms with Crippen LogP contribution in [-0.4, -0.2) is 57.8 Å². The fourth-order valence-electron chi connectivity index (χ4n) is 3.86. The van der Waals surface area contributed by atoms with Crippen molar-refractivity contribution < 1.29 is 18.9 Å². The van der Waals surface area contributed by atoms with Gasteiger partial charge in [0, 0.05) is 31.2 Å². The molecule has 0 fully saturated rings. The maximum absolute atomic E-state index is 6.11. The molecule has 1 heterocycles. The fraction of sp³-hybridized carbons (Fsp3) is 0.478. The summed E-state index contributed by atoms with van der Waals surface area (Å²) in [5, 5.41) is 0. The van der Waals surface area contributed by atoms with Crippen molar-refractivity contribution in [2.24, 2.45) is 0 Å². The van der Waals surface area contributed by atoms with E-state index >= 15 is 0 Å². The number of likely N-dealkylation sites (N-methyl/N-ethyl adjacent to an activating group) is 1. The number of benzene rings is 2. The summed E-state index contributed by atoms with van der Waals surface area (Å²) in [5.74, 6) is 1.99. The van der Waals surface area contributed by atoms with Gasteiger partial charge in [0.1, 0.15) is 18.1 Å².